The highest BCUT2D eigenvalue weighted by molar-refractivity contribution is 7.89. The maximum Gasteiger partial charge on any atom is 0.256 e. The van der Waals surface area contributed by atoms with Gasteiger partial charge >= 0.3 is 0 Å². The largest absolute Gasteiger partial charge is 0.322 e. The number of amides is 2. The average molecular weight is 593 g/mol. The van der Waals surface area contributed by atoms with Crippen LogP contribution in [0.15, 0.2) is 57.8 Å². The van der Waals surface area contributed by atoms with Crippen LogP contribution in [0.4, 0.5) is 5.69 Å². The lowest BCUT2D eigenvalue weighted by atomic mass is 9.95. The minimum absolute atomic E-state index is 0.0809. The van der Waals surface area contributed by atoms with Crippen molar-refractivity contribution in [1.82, 2.24) is 9.73 Å². The topological polar surface area (TPSA) is 108 Å². The van der Waals surface area contributed by atoms with Gasteiger partial charge in [0.25, 0.3) is 5.91 Å². The number of piperidine rings is 1. The molecule has 2 amide bonds. The predicted molar refractivity (Wildman–Crippen MR) is 163 cm³/mol. The summed E-state index contributed by atoms with van der Waals surface area (Å²) in [5, 5.41) is 9.24. The lowest BCUT2D eigenvalue weighted by molar-refractivity contribution is -0.126. The molecule has 41 heavy (non-hydrogen) atoms. The number of aryl methyl sites for hydroxylation is 3. The molecule has 216 valence electrons. The lowest BCUT2D eigenvalue weighted by Gasteiger charge is -2.30. The van der Waals surface area contributed by atoms with Crippen LogP contribution >= 0.6 is 11.3 Å². The molecule has 0 bridgehead atoms. The Kier molecular flexibility index (Phi) is 8.72. The predicted octanol–water partition coefficient (Wildman–Crippen LogP) is 5.44. The molecule has 0 saturated carbocycles. The van der Waals surface area contributed by atoms with Crippen LogP contribution < -0.4 is 10.7 Å². The Hall–Kier alpha value is -3.34. The third-order valence-corrected chi connectivity index (χ3v) is 11.1. The van der Waals surface area contributed by atoms with E-state index in [4.69, 9.17) is 0 Å². The molecule has 1 aliphatic carbocycles. The highest BCUT2D eigenvalue weighted by Crippen LogP contribution is 2.31. The first-order chi connectivity index (χ1) is 19.6. The molecule has 1 fully saturated rings. The van der Waals surface area contributed by atoms with Crippen molar-refractivity contribution in [2.75, 3.05) is 18.4 Å². The molecule has 0 radical (unpaired) electrons. The zero-order valence-electron chi connectivity index (χ0n) is 23.7. The summed E-state index contributed by atoms with van der Waals surface area (Å²) < 4.78 is 27.8. The van der Waals surface area contributed by atoms with Gasteiger partial charge in [-0.15, -0.1) is 11.3 Å². The van der Waals surface area contributed by atoms with Gasteiger partial charge in [0.1, 0.15) is 0 Å². The molecule has 2 aliphatic rings. The Bertz CT molecular complexity index is 1580. The number of rotatable bonds is 7. The molecule has 0 unspecified atom stereocenters. The lowest BCUT2D eigenvalue weighted by Crippen LogP contribution is -2.42. The second-order valence-electron chi connectivity index (χ2n) is 10.9. The molecule has 0 atom stereocenters. The van der Waals surface area contributed by atoms with Crippen molar-refractivity contribution in [3.63, 3.8) is 0 Å². The molecular formula is C31H36N4O4S2. The molecule has 5 rings (SSSR count). The van der Waals surface area contributed by atoms with Crippen molar-refractivity contribution in [2.45, 2.75) is 64.2 Å². The van der Waals surface area contributed by atoms with E-state index in [9.17, 15) is 18.0 Å². The van der Waals surface area contributed by atoms with Gasteiger partial charge in [0.15, 0.2) is 0 Å². The summed E-state index contributed by atoms with van der Waals surface area (Å²) in [5.41, 5.74) is 8.54. The van der Waals surface area contributed by atoms with Crippen molar-refractivity contribution in [3.05, 3.63) is 80.5 Å². The van der Waals surface area contributed by atoms with Gasteiger partial charge in [-0.25, -0.2) is 13.8 Å². The van der Waals surface area contributed by atoms with Crippen molar-refractivity contribution in [1.29, 1.82) is 0 Å². The summed E-state index contributed by atoms with van der Waals surface area (Å²) in [6.07, 6.45) is 5.22. The fourth-order valence-corrected chi connectivity index (χ4v) is 8.36. The maximum atomic E-state index is 13.1. The average Bonchev–Trinajstić information content (AvgIpc) is 3.40. The third kappa shape index (κ3) is 6.45. The maximum absolute atomic E-state index is 13.1. The number of nitrogens with zero attached hydrogens (tertiary/aromatic N) is 2. The fraction of sp³-hybridized carbons (Fsp3) is 0.387. The van der Waals surface area contributed by atoms with E-state index >= 15 is 0 Å². The molecular weight excluding hydrogens is 556 g/mol. The summed E-state index contributed by atoms with van der Waals surface area (Å²) in [4.78, 5) is 27.3. The van der Waals surface area contributed by atoms with E-state index < -0.39 is 10.0 Å². The Labute approximate surface area is 245 Å². The van der Waals surface area contributed by atoms with Gasteiger partial charge in [-0.1, -0.05) is 29.8 Å². The summed E-state index contributed by atoms with van der Waals surface area (Å²) in [6, 6.07) is 12.7. The van der Waals surface area contributed by atoms with E-state index in [1.54, 1.807) is 30.4 Å². The highest BCUT2D eigenvalue weighted by Gasteiger charge is 2.33. The number of thiophene rings is 1. The van der Waals surface area contributed by atoms with Gasteiger partial charge in [0, 0.05) is 35.0 Å². The van der Waals surface area contributed by atoms with Crippen LogP contribution in [0.2, 0.25) is 0 Å². The van der Waals surface area contributed by atoms with Crippen molar-refractivity contribution in [2.24, 2.45) is 11.0 Å². The number of sulfonamides is 1. The van der Waals surface area contributed by atoms with Crippen molar-refractivity contribution in [3.8, 4) is 0 Å². The van der Waals surface area contributed by atoms with Crippen LogP contribution in [-0.2, 0) is 27.7 Å². The van der Waals surface area contributed by atoms with Crippen LogP contribution in [-0.4, -0.2) is 43.3 Å². The molecule has 1 saturated heterocycles. The molecule has 3 aromatic rings. The molecule has 1 aliphatic heterocycles. The number of anilines is 1. The first kappa shape index (κ1) is 29.2. The van der Waals surface area contributed by atoms with Crippen LogP contribution in [0.1, 0.15) is 70.1 Å². The van der Waals surface area contributed by atoms with Crippen molar-refractivity contribution < 1.29 is 18.0 Å². The van der Waals surface area contributed by atoms with E-state index in [2.05, 4.69) is 15.8 Å². The van der Waals surface area contributed by atoms with Crippen molar-refractivity contribution >= 4 is 44.6 Å². The SMILES string of the molecule is CC(=NNC(=O)C1CCN(S(=O)(=O)c2ccc(C)cc2C)CC1)c1ccc(NC(=O)c2csc3c2CCCC3)cc1. The quantitative estimate of drug-likeness (QED) is 0.282. The number of benzene rings is 2. The van der Waals surface area contributed by atoms with Gasteiger partial charge in [0.2, 0.25) is 15.9 Å². The molecule has 1 aromatic heterocycles. The zero-order valence-corrected chi connectivity index (χ0v) is 25.3. The smallest absolute Gasteiger partial charge is 0.256 e. The van der Waals surface area contributed by atoms with Crippen LogP contribution in [0.3, 0.4) is 0 Å². The molecule has 2 N–H and O–H groups in total. The number of hydrogen-bond acceptors (Lipinski definition) is 6. The normalized spacial score (nSPS) is 16.7. The monoisotopic (exact) mass is 592 g/mol. The zero-order chi connectivity index (χ0) is 29.1. The first-order valence-electron chi connectivity index (χ1n) is 14.1. The number of fused-ring (bicyclic) bond motifs is 1. The van der Waals surface area contributed by atoms with Crippen LogP contribution in [0.5, 0.6) is 0 Å². The number of hydrazone groups is 1. The minimum atomic E-state index is -3.60. The second kappa shape index (κ2) is 12.3. The first-order valence-corrected chi connectivity index (χ1v) is 16.4. The highest BCUT2D eigenvalue weighted by atomic mass is 32.2. The van der Waals surface area contributed by atoms with E-state index in [1.165, 1.54) is 21.2 Å². The molecule has 2 heterocycles. The molecule has 10 heteroatoms. The minimum Gasteiger partial charge on any atom is -0.322 e. The third-order valence-electron chi connectivity index (χ3n) is 7.97. The number of hydrogen-bond donors (Lipinski definition) is 2. The molecule has 8 nitrogen and oxygen atoms in total. The van der Waals surface area contributed by atoms with E-state index in [0.29, 0.717) is 29.1 Å². The number of carbonyl (C=O) groups excluding carboxylic acids is 2. The fourth-order valence-electron chi connectivity index (χ4n) is 5.56. The Morgan fingerprint density at radius 2 is 1.71 bits per heavy atom. The number of carbonyl (C=O) groups is 2. The Balaban J connectivity index is 1.13. The van der Waals surface area contributed by atoms with Crippen LogP contribution in [0, 0.1) is 19.8 Å². The van der Waals surface area contributed by atoms with E-state index in [-0.39, 0.29) is 30.8 Å². The van der Waals surface area contributed by atoms with Gasteiger partial charge in [0.05, 0.1) is 16.2 Å². The Morgan fingerprint density at radius 1 is 1.00 bits per heavy atom. The number of nitrogens with one attached hydrogen (secondary N) is 2. The van der Waals surface area contributed by atoms with Gasteiger partial charge in [-0.05, 0) is 94.2 Å². The van der Waals surface area contributed by atoms with Gasteiger partial charge in [-0.3, -0.25) is 9.59 Å². The van der Waals surface area contributed by atoms with Gasteiger partial charge in [-0.2, -0.15) is 9.41 Å². The summed E-state index contributed by atoms with van der Waals surface area (Å²) in [6.45, 7) is 6.13. The Morgan fingerprint density at radius 3 is 2.41 bits per heavy atom. The summed E-state index contributed by atoms with van der Waals surface area (Å²) in [5.74, 6) is -0.601. The van der Waals surface area contributed by atoms with Gasteiger partial charge < -0.3 is 5.32 Å². The molecule has 2 aromatic carbocycles. The summed E-state index contributed by atoms with van der Waals surface area (Å²) in [7, 11) is -3.60. The van der Waals surface area contributed by atoms with E-state index in [1.807, 2.05) is 49.6 Å². The second-order valence-corrected chi connectivity index (χ2v) is 13.8. The summed E-state index contributed by atoms with van der Waals surface area (Å²) >= 11 is 1.68. The standard InChI is InChI=1S/C31H36N4O4S2/c1-20-8-13-29(21(2)18-20)41(38,39)35-16-14-24(15-17-35)30(36)34-33-22(3)23-9-11-25(12-10-23)32-31(37)27-19-40-28-7-5-4-6-26(27)28/h8-13,18-19,24H,4-7,14-17H2,1-3H3,(H,32,37)(H,34,36). The molecule has 0 spiro atoms. The van der Waals surface area contributed by atoms with Crippen LogP contribution in [0.25, 0.3) is 0 Å². The van der Waals surface area contributed by atoms with E-state index in [0.717, 1.165) is 41.5 Å².